The fourth-order valence-electron chi connectivity index (χ4n) is 2.38. The van der Waals surface area contributed by atoms with Crippen molar-refractivity contribution in [2.45, 2.75) is 57.8 Å². The molecule has 1 aromatic rings. The quantitative estimate of drug-likeness (QED) is 0.799. The normalized spacial score (nSPS) is 25.5. The summed E-state index contributed by atoms with van der Waals surface area (Å²) in [5.74, 6) is -0.326. The summed E-state index contributed by atoms with van der Waals surface area (Å²) in [4.78, 5) is 17.7. The number of carbonyl (C=O) groups excluding carboxylic acids is 1. The summed E-state index contributed by atoms with van der Waals surface area (Å²) in [5, 5.41) is 1.99. The van der Waals surface area contributed by atoms with E-state index in [0.29, 0.717) is 0 Å². The Morgan fingerprint density at radius 1 is 1.55 bits per heavy atom. The third-order valence-electron chi connectivity index (χ3n) is 3.10. The number of aliphatic imine (C=N–C) groups is 1. The average molecular weight is 295 g/mol. The van der Waals surface area contributed by atoms with Crippen LogP contribution < -0.4 is 0 Å². The maximum atomic E-state index is 12.4. The molecule has 0 saturated heterocycles. The van der Waals surface area contributed by atoms with E-state index in [1.54, 1.807) is 11.3 Å². The van der Waals surface area contributed by atoms with Crippen LogP contribution in [0.15, 0.2) is 22.5 Å². The monoisotopic (exact) mass is 295 g/mol. The minimum absolute atomic E-state index is 0.326. The van der Waals surface area contributed by atoms with Crippen molar-refractivity contribution in [3.63, 3.8) is 0 Å². The summed E-state index contributed by atoms with van der Waals surface area (Å²) in [7, 11) is 0. The van der Waals surface area contributed by atoms with E-state index in [-0.39, 0.29) is 5.97 Å². The van der Waals surface area contributed by atoms with Crippen molar-refractivity contribution in [3.05, 3.63) is 22.4 Å². The van der Waals surface area contributed by atoms with Crippen LogP contribution in [0.25, 0.3) is 0 Å². The number of rotatable bonds is 4. The van der Waals surface area contributed by atoms with Crippen molar-refractivity contribution in [1.29, 1.82) is 0 Å². The van der Waals surface area contributed by atoms with Crippen molar-refractivity contribution in [1.82, 2.24) is 0 Å². The van der Waals surface area contributed by atoms with Crippen LogP contribution in [0, 0.1) is 0 Å². The third kappa shape index (κ3) is 2.87. The Hall–Kier alpha value is -1.36. The Morgan fingerprint density at radius 2 is 2.30 bits per heavy atom. The van der Waals surface area contributed by atoms with E-state index >= 15 is 0 Å². The van der Waals surface area contributed by atoms with Gasteiger partial charge in [-0.3, -0.25) is 0 Å². The first-order chi connectivity index (χ1) is 9.39. The standard InChI is InChI=1S/C15H21NO3S/c1-5-8-15(11-7-6-9-20-11)12(16-10-18-15)13(17)19-14(2,3)4/h6-7,9-10,12H,5,8H2,1-4H3/t12-,15-/m0/s1. The molecule has 20 heavy (non-hydrogen) atoms. The van der Waals surface area contributed by atoms with E-state index in [9.17, 15) is 4.79 Å². The van der Waals surface area contributed by atoms with Gasteiger partial charge in [0, 0.05) is 0 Å². The molecule has 1 aliphatic rings. The van der Waals surface area contributed by atoms with E-state index in [2.05, 4.69) is 11.9 Å². The number of hydrogen-bond acceptors (Lipinski definition) is 5. The van der Waals surface area contributed by atoms with Gasteiger partial charge in [0.15, 0.2) is 18.0 Å². The largest absolute Gasteiger partial charge is 0.469 e. The van der Waals surface area contributed by atoms with E-state index in [0.717, 1.165) is 17.7 Å². The minimum Gasteiger partial charge on any atom is -0.469 e. The minimum atomic E-state index is -0.703. The van der Waals surface area contributed by atoms with Gasteiger partial charge < -0.3 is 9.47 Å². The molecule has 2 heterocycles. The van der Waals surface area contributed by atoms with Gasteiger partial charge in [-0.2, -0.15) is 0 Å². The van der Waals surface area contributed by atoms with E-state index in [1.165, 1.54) is 6.40 Å². The number of thiophene rings is 1. The molecule has 0 bridgehead atoms. The molecule has 2 atom stereocenters. The Balaban J connectivity index is 2.30. The molecule has 1 aliphatic heterocycles. The van der Waals surface area contributed by atoms with Gasteiger partial charge in [0.25, 0.3) is 0 Å². The third-order valence-corrected chi connectivity index (χ3v) is 4.13. The summed E-state index contributed by atoms with van der Waals surface area (Å²) < 4.78 is 11.3. The summed E-state index contributed by atoms with van der Waals surface area (Å²) in [6.07, 6.45) is 3.03. The van der Waals surface area contributed by atoms with Crippen molar-refractivity contribution >= 4 is 23.7 Å². The van der Waals surface area contributed by atoms with Gasteiger partial charge in [0.2, 0.25) is 0 Å². The molecular formula is C15H21NO3S. The Bertz CT molecular complexity index is 490. The molecule has 5 heteroatoms. The molecule has 0 aliphatic carbocycles. The van der Waals surface area contributed by atoms with Crippen molar-refractivity contribution in [2.24, 2.45) is 4.99 Å². The maximum absolute atomic E-state index is 12.4. The van der Waals surface area contributed by atoms with Gasteiger partial charge in [0.05, 0.1) is 4.88 Å². The van der Waals surface area contributed by atoms with Crippen LogP contribution in [-0.4, -0.2) is 24.0 Å². The zero-order valence-corrected chi connectivity index (χ0v) is 13.2. The molecule has 4 nitrogen and oxygen atoms in total. The van der Waals surface area contributed by atoms with Crippen LogP contribution in [0.3, 0.4) is 0 Å². The highest BCUT2D eigenvalue weighted by atomic mass is 32.1. The molecular weight excluding hydrogens is 274 g/mol. The Kier molecular flexibility index (Phi) is 4.18. The van der Waals surface area contributed by atoms with Crippen molar-refractivity contribution < 1.29 is 14.3 Å². The Labute approximate surface area is 123 Å². The lowest BCUT2D eigenvalue weighted by atomic mass is 9.88. The average Bonchev–Trinajstić information content (AvgIpc) is 2.95. The number of carbonyl (C=O) groups is 1. The van der Waals surface area contributed by atoms with E-state index < -0.39 is 17.2 Å². The fourth-order valence-corrected chi connectivity index (χ4v) is 3.30. The molecule has 110 valence electrons. The van der Waals surface area contributed by atoms with Crippen LogP contribution in [0.4, 0.5) is 0 Å². The SMILES string of the molecule is CCC[C@@]1(c2cccs2)OC=N[C@H]1C(=O)OC(C)(C)C. The maximum Gasteiger partial charge on any atom is 0.336 e. The first-order valence-electron chi connectivity index (χ1n) is 6.85. The topological polar surface area (TPSA) is 47.9 Å². The second-order valence-electron chi connectivity index (χ2n) is 5.93. The van der Waals surface area contributed by atoms with Crippen LogP contribution in [0.5, 0.6) is 0 Å². The van der Waals surface area contributed by atoms with Gasteiger partial charge in [-0.1, -0.05) is 19.4 Å². The second kappa shape index (κ2) is 5.56. The molecule has 0 radical (unpaired) electrons. The molecule has 0 N–H and O–H groups in total. The van der Waals surface area contributed by atoms with Crippen molar-refractivity contribution in [3.8, 4) is 0 Å². The van der Waals surface area contributed by atoms with Gasteiger partial charge in [-0.05, 0) is 38.6 Å². The predicted octanol–water partition coefficient (Wildman–Crippen LogP) is 3.51. The van der Waals surface area contributed by atoms with E-state index in [1.807, 2.05) is 38.3 Å². The van der Waals surface area contributed by atoms with Gasteiger partial charge in [-0.15, -0.1) is 11.3 Å². The highest BCUT2D eigenvalue weighted by Crippen LogP contribution is 2.41. The lowest BCUT2D eigenvalue weighted by molar-refractivity contribution is -0.161. The first-order valence-corrected chi connectivity index (χ1v) is 7.73. The van der Waals surface area contributed by atoms with Crippen LogP contribution in [0.2, 0.25) is 0 Å². The summed E-state index contributed by atoms with van der Waals surface area (Å²) in [5.41, 5.74) is -1.23. The summed E-state index contributed by atoms with van der Waals surface area (Å²) in [6.45, 7) is 7.65. The number of nitrogens with zero attached hydrogens (tertiary/aromatic N) is 1. The number of ether oxygens (including phenoxy) is 2. The first kappa shape index (κ1) is 15.0. The van der Waals surface area contributed by atoms with E-state index in [4.69, 9.17) is 9.47 Å². The molecule has 0 spiro atoms. The Morgan fingerprint density at radius 3 is 2.85 bits per heavy atom. The summed E-state index contributed by atoms with van der Waals surface area (Å²) >= 11 is 1.59. The van der Waals surface area contributed by atoms with Crippen LogP contribution in [0.1, 0.15) is 45.4 Å². The lowest BCUT2D eigenvalue weighted by Crippen LogP contribution is -2.44. The highest BCUT2D eigenvalue weighted by Gasteiger charge is 2.51. The highest BCUT2D eigenvalue weighted by molar-refractivity contribution is 7.10. The number of esters is 1. The van der Waals surface area contributed by atoms with Crippen LogP contribution >= 0.6 is 11.3 Å². The zero-order valence-electron chi connectivity index (χ0n) is 12.4. The smallest absolute Gasteiger partial charge is 0.336 e. The molecule has 2 rings (SSSR count). The van der Waals surface area contributed by atoms with Gasteiger partial charge in [0.1, 0.15) is 5.60 Å². The molecule has 0 amide bonds. The van der Waals surface area contributed by atoms with Gasteiger partial charge in [-0.25, -0.2) is 9.79 Å². The lowest BCUT2D eigenvalue weighted by Gasteiger charge is -2.32. The zero-order chi connectivity index (χ0) is 14.8. The van der Waals surface area contributed by atoms with Crippen molar-refractivity contribution in [2.75, 3.05) is 0 Å². The molecule has 1 aromatic heterocycles. The fraction of sp³-hybridized carbons (Fsp3) is 0.600. The van der Waals surface area contributed by atoms with Gasteiger partial charge >= 0.3 is 5.97 Å². The second-order valence-corrected chi connectivity index (χ2v) is 6.87. The summed E-state index contributed by atoms with van der Waals surface area (Å²) in [6, 6.07) is 3.33. The molecule has 0 aromatic carbocycles. The number of hydrogen-bond donors (Lipinski definition) is 0. The molecule has 0 unspecified atom stereocenters. The van der Waals surface area contributed by atoms with Crippen LogP contribution in [-0.2, 0) is 19.9 Å². The predicted molar refractivity (Wildman–Crippen MR) is 80.1 cm³/mol. The molecule has 0 saturated carbocycles. The molecule has 0 fully saturated rings.